The van der Waals surface area contributed by atoms with Gasteiger partial charge in [0, 0.05) is 78.4 Å². The van der Waals surface area contributed by atoms with Gasteiger partial charge in [0.25, 0.3) is 0 Å². The predicted octanol–water partition coefficient (Wildman–Crippen LogP) is 27.0. The van der Waals surface area contributed by atoms with Crippen LogP contribution in [0.3, 0.4) is 0 Å². The molecule has 18 aromatic rings. The Morgan fingerprint density at radius 2 is 0.282 bits per heavy atom. The summed E-state index contributed by atoms with van der Waals surface area (Å²) in [5, 5.41) is 0. The lowest BCUT2D eigenvalue weighted by molar-refractivity contribution is 0.269. The molecule has 17 nitrogen and oxygen atoms in total. The molecule has 0 N–H and O–H groups in total. The first-order valence-electron chi connectivity index (χ1n) is 46.9. The van der Waals surface area contributed by atoms with Gasteiger partial charge in [-0.05, 0) is 205 Å². The highest BCUT2D eigenvalue weighted by molar-refractivity contribution is 5.60. The van der Waals surface area contributed by atoms with Crippen molar-refractivity contribution in [1.82, 2.24) is 9.97 Å². The van der Waals surface area contributed by atoms with E-state index in [9.17, 15) is 0 Å². The van der Waals surface area contributed by atoms with Crippen molar-refractivity contribution in [3.8, 4) is 110 Å². The minimum atomic E-state index is 0.0120. The summed E-state index contributed by atoms with van der Waals surface area (Å²) in [6, 6.07) is 134. The quantitative estimate of drug-likeness (QED) is 0.0331. The molecule has 702 valence electrons. The fourth-order valence-corrected chi connectivity index (χ4v) is 15.3. The van der Waals surface area contributed by atoms with Crippen LogP contribution in [-0.2, 0) is 99.1 Å². The third kappa shape index (κ3) is 29.7. The van der Waals surface area contributed by atoms with Gasteiger partial charge in [0.15, 0.2) is 5.75 Å². The monoisotopic (exact) mass is 1870 g/mol. The van der Waals surface area contributed by atoms with Crippen molar-refractivity contribution >= 4 is 0 Å². The smallest absolute Gasteiger partial charge is 0.151 e. The molecule has 2 heterocycles. The highest BCUT2D eigenvalue weighted by Gasteiger charge is 2.19. The minimum absolute atomic E-state index is 0.0120. The Morgan fingerprint density at radius 1 is 0.134 bits per heavy atom. The predicted molar refractivity (Wildman–Crippen MR) is 548 cm³/mol. The molecule has 0 saturated carbocycles. The Kier molecular flexibility index (Phi) is 33.0. The lowest BCUT2D eigenvalue weighted by Crippen LogP contribution is -2.05. The Morgan fingerprint density at radius 3 is 0.444 bits per heavy atom. The van der Waals surface area contributed by atoms with Gasteiger partial charge in [0.05, 0.1) is 11.1 Å². The van der Waals surface area contributed by atoms with Crippen LogP contribution in [0, 0.1) is 23.7 Å². The maximum absolute atomic E-state index is 7.08. The molecule has 0 atom stereocenters. The lowest BCUT2D eigenvalue weighted by atomic mass is 10.1. The van der Waals surface area contributed by atoms with Crippen LogP contribution in [0.25, 0.3) is 0 Å². The van der Waals surface area contributed by atoms with Crippen molar-refractivity contribution in [3.63, 3.8) is 0 Å². The Hall–Kier alpha value is -18.1. The minimum Gasteiger partial charge on any atom is -0.489 e. The van der Waals surface area contributed by atoms with Gasteiger partial charge in [-0.15, -0.1) is 0 Å². The van der Waals surface area contributed by atoms with Crippen LogP contribution in [0.15, 0.2) is 437 Å². The van der Waals surface area contributed by atoms with E-state index in [1.165, 1.54) is 0 Å². The summed E-state index contributed by atoms with van der Waals surface area (Å²) in [5.41, 5.74) is 16.3. The number of rotatable bonds is 45. The molecule has 0 amide bonds. The number of ether oxygens (including phenoxy) is 15. The van der Waals surface area contributed by atoms with Gasteiger partial charge in [-0.2, -0.15) is 0 Å². The molecular weight excluding hydrogens is 1770 g/mol. The van der Waals surface area contributed by atoms with Crippen molar-refractivity contribution in [2.75, 3.05) is 0 Å². The van der Waals surface area contributed by atoms with Gasteiger partial charge >= 0.3 is 0 Å². The molecular formula is C125H102N2O15. The number of benzene rings is 16. The van der Waals surface area contributed by atoms with Crippen LogP contribution in [0.4, 0.5) is 0 Å². The van der Waals surface area contributed by atoms with E-state index >= 15 is 0 Å². The molecule has 0 saturated heterocycles. The zero-order valence-corrected chi connectivity index (χ0v) is 78.2. The van der Waals surface area contributed by atoms with Crippen LogP contribution in [0.1, 0.15) is 106 Å². The molecule has 2 aromatic heterocycles. The third-order valence-corrected chi connectivity index (χ3v) is 22.4. The van der Waals surface area contributed by atoms with Crippen LogP contribution in [0.2, 0.25) is 0 Å². The van der Waals surface area contributed by atoms with Crippen molar-refractivity contribution in [3.05, 3.63) is 543 Å². The number of nitrogens with zero attached hydrogens (tertiary/aromatic N) is 2. The zero-order chi connectivity index (χ0) is 96.0. The van der Waals surface area contributed by atoms with Crippen molar-refractivity contribution in [2.45, 2.75) is 99.1 Å². The van der Waals surface area contributed by atoms with E-state index in [1.54, 1.807) is 24.8 Å². The Labute approximate surface area is 827 Å². The van der Waals surface area contributed by atoms with Gasteiger partial charge in [0.2, 0.25) is 0 Å². The molecule has 0 radical (unpaired) electrons. The van der Waals surface area contributed by atoms with E-state index in [-0.39, 0.29) is 46.2 Å². The second kappa shape index (κ2) is 49.6. The van der Waals surface area contributed by atoms with Crippen molar-refractivity contribution < 1.29 is 71.1 Å². The van der Waals surface area contributed by atoms with Gasteiger partial charge in [-0.3, -0.25) is 9.97 Å². The van der Waals surface area contributed by atoms with Crippen molar-refractivity contribution in [1.29, 1.82) is 0 Å². The fraction of sp³-hybridized carbons (Fsp3) is 0.120. The average Bonchev–Trinajstić information content (AvgIpc) is 0.831. The summed E-state index contributed by atoms with van der Waals surface area (Å²) >= 11 is 0. The Bertz CT molecular complexity index is 6240. The standard InChI is InChI=1S/C125H102N2O15/c1-9-26-94(27-10-1)77-128-111-56-102(57-112(70-111)129-78-95-28-11-2-12-29-95)85-136-119-64-106(65-120(74-119)137-86-103-58-113(130-79-96-30-13-3-14-31-96)71-114(59-103)131-80-97-32-15-4-16-33-97)89-140-123-68-108(91-142-125-109(46-44-92-48-52-126-53-49-92)42-25-43-110(125)47-45-93-50-54-127-55-51-93)69-124(76-123)141-90-107-66-121(138-87-104-60-115(132-81-98-34-17-5-18-35-98)72-116(61-104)133-82-99-36-19-6-20-37-99)75-122(67-107)139-88-105-62-117(134-83-100-38-21-7-22-39-100)73-118(63-105)135-84-101-40-23-8-24-41-101/h1-43,48-76H,77-91H2. The summed E-state index contributed by atoms with van der Waals surface area (Å²) in [6.45, 7) is 3.27. The summed E-state index contributed by atoms with van der Waals surface area (Å²) in [4.78, 5) is 8.47. The Balaban J connectivity index is 0.687. The molecule has 0 aliphatic rings. The molecule has 16 aromatic carbocycles. The summed E-state index contributed by atoms with van der Waals surface area (Å²) in [6.07, 6.45) is 6.85. The SMILES string of the molecule is C(#Cc1cccc(C#Cc2ccncc2)c1OCc1cc(OCc2cc(OCc3cc(OCc4ccccc4)cc(OCc4ccccc4)c3)cc(OCc3cc(OCc4ccccc4)cc(OCc4ccccc4)c3)c2)cc(OCc2cc(OCc3cc(OCc4ccccc4)cc(OCc4ccccc4)c3)cc(OCc3cc(OCc4ccccc4)cc(OCc4ccccc4)c3)c2)c1)c1ccncc1. The fourth-order valence-electron chi connectivity index (χ4n) is 15.3. The summed E-state index contributed by atoms with van der Waals surface area (Å²) in [5.74, 6) is 21.7. The van der Waals surface area contributed by atoms with E-state index in [0.717, 1.165) is 77.9 Å². The number of para-hydroxylation sites is 1. The highest BCUT2D eigenvalue weighted by Crippen LogP contribution is 2.37. The molecule has 0 bridgehead atoms. The highest BCUT2D eigenvalue weighted by atomic mass is 16.5. The summed E-state index contributed by atoms with van der Waals surface area (Å²) < 4.78 is 101. The van der Waals surface area contributed by atoms with Crippen LogP contribution in [-0.4, -0.2) is 9.97 Å². The second-order valence-electron chi connectivity index (χ2n) is 33.6. The van der Waals surface area contributed by atoms with E-state index in [2.05, 4.69) is 33.6 Å². The first kappa shape index (κ1) is 94.3. The normalized spacial score (nSPS) is 10.7. The maximum atomic E-state index is 7.08. The molecule has 0 unspecified atom stereocenters. The van der Waals surface area contributed by atoms with Gasteiger partial charge in [-0.25, -0.2) is 0 Å². The van der Waals surface area contributed by atoms with Gasteiger partial charge in [0.1, 0.15) is 180 Å². The molecule has 0 aliphatic heterocycles. The topological polar surface area (TPSA) is 164 Å². The molecule has 0 spiro atoms. The van der Waals surface area contributed by atoms with Crippen LogP contribution in [0.5, 0.6) is 86.2 Å². The zero-order valence-electron chi connectivity index (χ0n) is 78.2. The van der Waals surface area contributed by atoms with E-state index in [0.29, 0.717) is 167 Å². The second-order valence-corrected chi connectivity index (χ2v) is 33.6. The van der Waals surface area contributed by atoms with Crippen molar-refractivity contribution in [2.24, 2.45) is 0 Å². The number of hydrogen-bond acceptors (Lipinski definition) is 17. The molecule has 0 aliphatic carbocycles. The number of hydrogen-bond donors (Lipinski definition) is 0. The average molecular weight is 1870 g/mol. The van der Waals surface area contributed by atoms with E-state index in [1.807, 2.05) is 413 Å². The first-order valence-corrected chi connectivity index (χ1v) is 46.9. The van der Waals surface area contributed by atoms with Crippen LogP contribution >= 0.6 is 0 Å². The van der Waals surface area contributed by atoms with Gasteiger partial charge < -0.3 is 71.1 Å². The molecule has 0 fully saturated rings. The maximum Gasteiger partial charge on any atom is 0.151 e. The number of aromatic nitrogens is 2. The third-order valence-electron chi connectivity index (χ3n) is 22.4. The van der Waals surface area contributed by atoms with E-state index in [4.69, 9.17) is 71.1 Å². The van der Waals surface area contributed by atoms with Gasteiger partial charge in [-0.1, -0.05) is 272 Å². The molecule has 142 heavy (non-hydrogen) atoms. The first-order chi connectivity index (χ1) is 70.2. The molecule has 18 rings (SSSR count). The van der Waals surface area contributed by atoms with E-state index < -0.39 is 0 Å². The number of pyridine rings is 2. The van der Waals surface area contributed by atoms with Crippen LogP contribution < -0.4 is 71.1 Å². The lowest BCUT2D eigenvalue weighted by Gasteiger charge is -2.17. The largest absolute Gasteiger partial charge is 0.489 e. The molecule has 17 heteroatoms. The summed E-state index contributed by atoms with van der Waals surface area (Å²) in [7, 11) is 0.